The van der Waals surface area contributed by atoms with Crippen molar-refractivity contribution in [2.75, 3.05) is 19.6 Å². The van der Waals surface area contributed by atoms with E-state index in [0.717, 1.165) is 64.5 Å². The van der Waals surface area contributed by atoms with Gasteiger partial charge in [-0.25, -0.2) is 0 Å². The number of aliphatic carboxylic acids is 1. The molecule has 0 saturated carbocycles. The fraction of sp³-hybridized carbons (Fsp3) is 0.864. The Morgan fingerprint density at radius 3 is 1.88 bits per heavy atom. The Balaban J connectivity index is 5.25. The number of carbonyl (C=O) groups excluding carboxylic acids is 1. The number of aliphatic hydroxyl groups excluding tert-OH is 1. The number of carbonyl (C=O) groups is 1. The molecular formula is C22H43NO3. The molecule has 0 aromatic carbocycles. The third-order valence-corrected chi connectivity index (χ3v) is 5.16. The van der Waals surface area contributed by atoms with Crippen LogP contribution in [0.3, 0.4) is 0 Å². The van der Waals surface area contributed by atoms with Crippen LogP contribution < -0.4 is 5.11 Å². The Morgan fingerprint density at radius 2 is 1.42 bits per heavy atom. The number of nitrogens with zero attached hydrogens (tertiary/aromatic N) is 1. The summed E-state index contributed by atoms with van der Waals surface area (Å²) in [6, 6.07) is 0. The van der Waals surface area contributed by atoms with Crippen LogP contribution in [0.4, 0.5) is 0 Å². The number of allylic oxidation sites excluding steroid dienone is 1. The topological polar surface area (TPSA) is 60.4 Å². The van der Waals surface area contributed by atoms with Crippen molar-refractivity contribution in [2.24, 2.45) is 5.92 Å². The van der Waals surface area contributed by atoms with Crippen LogP contribution in [0.25, 0.3) is 0 Å². The van der Waals surface area contributed by atoms with Crippen LogP contribution >= 0.6 is 0 Å². The Bertz CT molecular complexity index is 383. The highest BCUT2D eigenvalue weighted by molar-refractivity contribution is 5.67. The highest BCUT2D eigenvalue weighted by Gasteiger charge is 2.28. The van der Waals surface area contributed by atoms with Crippen molar-refractivity contribution in [3.05, 3.63) is 12.0 Å². The van der Waals surface area contributed by atoms with Gasteiger partial charge in [0.2, 0.25) is 0 Å². The van der Waals surface area contributed by atoms with Gasteiger partial charge in [0.05, 0.1) is 19.6 Å². The highest BCUT2D eigenvalue weighted by Crippen LogP contribution is 2.21. The molecule has 1 N–H and O–H groups in total. The maximum atomic E-state index is 11.4. The summed E-state index contributed by atoms with van der Waals surface area (Å²) in [5.74, 6) is -1.07. The molecular weight excluding hydrogens is 326 g/mol. The van der Waals surface area contributed by atoms with Crippen molar-refractivity contribution >= 4 is 5.97 Å². The molecule has 0 aliphatic heterocycles. The van der Waals surface area contributed by atoms with E-state index in [4.69, 9.17) is 0 Å². The number of carboxylic acids is 1. The van der Waals surface area contributed by atoms with E-state index in [1.54, 1.807) is 6.92 Å². The van der Waals surface area contributed by atoms with Crippen LogP contribution in [0, 0.1) is 5.92 Å². The van der Waals surface area contributed by atoms with Gasteiger partial charge < -0.3 is 15.0 Å². The molecule has 0 aliphatic rings. The van der Waals surface area contributed by atoms with Gasteiger partial charge in [0.15, 0.2) is 0 Å². The second kappa shape index (κ2) is 15.1. The van der Waals surface area contributed by atoms with Gasteiger partial charge in [0.25, 0.3) is 0 Å². The number of aliphatic hydroxyl groups is 1. The number of hydrogen-bond donors (Lipinski definition) is 1. The van der Waals surface area contributed by atoms with Gasteiger partial charge in [-0.15, -0.1) is 0 Å². The molecule has 0 fully saturated rings. The van der Waals surface area contributed by atoms with Crippen molar-refractivity contribution in [1.29, 1.82) is 0 Å². The minimum absolute atomic E-state index is 0.430. The standard InChI is InChI=1S/C22H43NO3/c1-5-8-11-12-15-21(24)19-23(16-13-9-6-2,17-14-10-7-3)18-20(4)22(25)26/h19-20H,5-18H2,1-4H3,(H-,24,25,26)/b21-19-. The number of quaternary nitrogens is 1. The van der Waals surface area contributed by atoms with Gasteiger partial charge in [-0.1, -0.05) is 59.8 Å². The van der Waals surface area contributed by atoms with Crippen LogP contribution in [0.5, 0.6) is 0 Å². The maximum Gasteiger partial charge on any atom is 0.145 e. The molecule has 0 amide bonds. The molecule has 0 bridgehead atoms. The third-order valence-electron chi connectivity index (χ3n) is 5.16. The molecule has 1 unspecified atom stereocenters. The smallest absolute Gasteiger partial charge is 0.145 e. The first-order valence-corrected chi connectivity index (χ1v) is 10.9. The fourth-order valence-corrected chi connectivity index (χ4v) is 3.56. The summed E-state index contributed by atoms with van der Waals surface area (Å²) in [5.41, 5.74) is 0. The zero-order valence-electron chi connectivity index (χ0n) is 17.8. The number of carboxylic acid groups (broad SMARTS) is 1. The molecule has 154 valence electrons. The normalized spacial score (nSPS) is 13.8. The van der Waals surface area contributed by atoms with Gasteiger partial charge in [-0.2, -0.15) is 0 Å². The molecule has 0 saturated heterocycles. The van der Waals surface area contributed by atoms with Crippen molar-refractivity contribution < 1.29 is 19.5 Å². The summed E-state index contributed by atoms with van der Waals surface area (Å²) in [6.07, 6.45) is 13.8. The average Bonchev–Trinajstić information content (AvgIpc) is 2.59. The van der Waals surface area contributed by atoms with Gasteiger partial charge in [0.1, 0.15) is 12.0 Å². The lowest BCUT2D eigenvalue weighted by molar-refractivity contribution is -0.883. The molecule has 4 heteroatoms. The van der Waals surface area contributed by atoms with E-state index in [-0.39, 0.29) is 0 Å². The molecule has 0 aromatic heterocycles. The Kier molecular flexibility index (Phi) is 14.5. The van der Waals surface area contributed by atoms with E-state index >= 15 is 0 Å². The summed E-state index contributed by atoms with van der Waals surface area (Å²) >= 11 is 0. The Morgan fingerprint density at radius 1 is 0.923 bits per heavy atom. The highest BCUT2D eigenvalue weighted by atomic mass is 16.4. The largest absolute Gasteiger partial charge is 0.550 e. The van der Waals surface area contributed by atoms with E-state index < -0.39 is 11.9 Å². The van der Waals surface area contributed by atoms with Crippen LogP contribution in [0.1, 0.15) is 98.3 Å². The minimum Gasteiger partial charge on any atom is -0.550 e. The Labute approximate surface area is 161 Å². The fourth-order valence-electron chi connectivity index (χ4n) is 3.56. The maximum absolute atomic E-state index is 11.4. The third kappa shape index (κ3) is 11.6. The number of hydrogen-bond acceptors (Lipinski definition) is 3. The average molecular weight is 370 g/mol. The van der Waals surface area contributed by atoms with Crippen molar-refractivity contribution in [2.45, 2.75) is 98.3 Å². The molecule has 0 spiro atoms. The lowest BCUT2D eigenvalue weighted by Crippen LogP contribution is -2.50. The summed E-state index contributed by atoms with van der Waals surface area (Å²) in [4.78, 5) is 11.4. The van der Waals surface area contributed by atoms with Gasteiger partial charge in [0, 0.05) is 18.3 Å². The van der Waals surface area contributed by atoms with Crippen molar-refractivity contribution in [3.63, 3.8) is 0 Å². The van der Waals surface area contributed by atoms with E-state index in [2.05, 4.69) is 20.8 Å². The molecule has 26 heavy (non-hydrogen) atoms. The summed E-state index contributed by atoms with van der Waals surface area (Å²) in [6.45, 7) is 10.6. The molecule has 1 atom stereocenters. The molecule has 0 heterocycles. The van der Waals surface area contributed by atoms with Gasteiger partial charge >= 0.3 is 0 Å². The first kappa shape index (κ1) is 25.0. The van der Waals surface area contributed by atoms with Crippen LogP contribution in [0.15, 0.2) is 12.0 Å². The van der Waals surface area contributed by atoms with Crippen molar-refractivity contribution in [3.8, 4) is 0 Å². The predicted molar refractivity (Wildman–Crippen MR) is 108 cm³/mol. The zero-order valence-corrected chi connectivity index (χ0v) is 17.8. The van der Waals surface area contributed by atoms with Crippen LogP contribution in [-0.2, 0) is 4.79 Å². The van der Waals surface area contributed by atoms with Crippen LogP contribution in [-0.4, -0.2) is 35.2 Å². The molecule has 0 aliphatic carbocycles. The Hall–Kier alpha value is -1.03. The monoisotopic (exact) mass is 369 g/mol. The van der Waals surface area contributed by atoms with E-state index in [1.807, 2.05) is 6.20 Å². The predicted octanol–water partition coefficient (Wildman–Crippen LogP) is 4.94. The van der Waals surface area contributed by atoms with Gasteiger partial charge in [-0.05, 0) is 32.1 Å². The lowest BCUT2D eigenvalue weighted by Gasteiger charge is -2.38. The lowest BCUT2D eigenvalue weighted by atomic mass is 10.1. The second-order valence-corrected chi connectivity index (χ2v) is 7.91. The quantitative estimate of drug-likeness (QED) is 0.224. The van der Waals surface area contributed by atoms with Crippen molar-refractivity contribution in [1.82, 2.24) is 0 Å². The number of rotatable bonds is 17. The molecule has 4 nitrogen and oxygen atoms in total. The summed E-state index contributed by atoms with van der Waals surface area (Å²) < 4.78 is 0.578. The number of unbranched alkanes of at least 4 members (excludes halogenated alkanes) is 7. The second-order valence-electron chi connectivity index (χ2n) is 7.91. The minimum atomic E-state index is -0.991. The molecule has 0 radical (unpaired) electrons. The van der Waals surface area contributed by atoms with Crippen LogP contribution in [0.2, 0.25) is 0 Å². The first-order valence-electron chi connectivity index (χ1n) is 10.9. The first-order chi connectivity index (χ1) is 12.4. The summed E-state index contributed by atoms with van der Waals surface area (Å²) in [5, 5.41) is 21.9. The summed E-state index contributed by atoms with van der Waals surface area (Å²) in [7, 11) is 0. The van der Waals surface area contributed by atoms with E-state index in [1.165, 1.54) is 12.8 Å². The van der Waals surface area contributed by atoms with Gasteiger partial charge in [-0.3, -0.25) is 4.48 Å². The van der Waals surface area contributed by atoms with E-state index in [0.29, 0.717) is 23.2 Å². The zero-order chi connectivity index (χ0) is 19.8. The SMILES string of the molecule is CCCCCC/C(O)=C/[N+](CCCCC)(CCCCC)CC(C)C(=O)[O-]. The molecule has 0 aromatic rings. The van der Waals surface area contributed by atoms with E-state index in [9.17, 15) is 15.0 Å². The molecule has 0 rings (SSSR count).